The second-order valence-corrected chi connectivity index (χ2v) is 5.46. The van der Waals surface area contributed by atoms with Crippen LogP contribution in [0.3, 0.4) is 0 Å². The van der Waals surface area contributed by atoms with Gasteiger partial charge in [0.15, 0.2) is 0 Å². The molecule has 0 aromatic carbocycles. The van der Waals surface area contributed by atoms with E-state index in [0.717, 1.165) is 6.42 Å². The Kier molecular flexibility index (Phi) is 6.39. The highest BCUT2D eigenvalue weighted by Gasteiger charge is 2.34. The van der Waals surface area contributed by atoms with E-state index >= 15 is 0 Å². The maximum atomic E-state index is 12.4. The van der Waals surface area contributed by atoms with Crippen LogP contribution in [-0.4, -0.2) is 59.2 Å². The molecule has 1 rings (SSSR count). The van der Waals surface area contributed by atoms with Crippen LogP contribution >= 0.6 is 0 Å². The predicted octanol–water partition coefficient (Wildman–Crippen LogP) is 0.537. The zero-order chi connectivity index (χ0) is 16.0. The van der Waals surface area contributed by atoms with E-state index in [1.807, 2.05) is 20.8 Å². The third-order valence-corrected chi connectivity index (χ3v) is 3.50. The van der Waals surface area contributed by atoms with Crippen LogP contribution in [0.4, 0.5) is 0 Å². The Hall–Kier alpha value is -1.85. The van der Waals surface area contributed by atoms with E-state index < -0.39 is 6.04 Å². The predicted molar refractivity (Wildman–Crippen MR) is 80.5 cm³/mol. The third kappa shape index (κ3) is 4.58. The van der Waals surface area contributed by atoms with Crippen LogP contribution in [0.15, 0.2) is 12.7 Å². The fourth-order valence-corrected chi connectivity index (χ4v) is 2.45. The molecule has 1 saturated heterocycles. The SMILES string of the molecule is C=CC(=O)N(CC)CC(=O)N1CCC[C@@H]1C(=O)NC(C)C. The number of hydrogen-bond donors (Lipinski definition) is 1. The van der Waals surface area contributed by atoms with E-state index in [9.17, 15) is 14.4 Å². The molecule has 6 heteroatoms. The molecule has 118 valence electrons. The lowest BCUT2D eigenvalue weighted by Crippen LogP contribution is -2.50. The highest BCUT2D eigenvalue weighted by molar-refractivity contribution is 5.93. The molecule has 0 aliphatic carbocycles. The fraction of sp³-hybridized carbons (Fsp3) is 0.667. The summed E-state index contributed by atoms with van der Waals surface area (Å²) in [6.45, 7) is 10.0. The summed E-state index contributed by atoms with van der Waals surface area (Å²) in [6.07, 6.45) is 2.68. The van der Waals surface area contributed by atoms with Gasteiger partial charge < -0.3 is 15.1 Å². The van der Waals surface area contributed by atoms with Crippen molar-refractivity contribution in [2.45, 2.75) is 45.7 Å². The summed E-state index contributed by atoms with van der Waals surface area (Å²) < 4.78 is 0. The minimum absolute atomic E-state index is 0.00713. The van der Waals surface area contributed by atoms with Gasteiger partial charge in [0.25, 0.3) is 0 Å². The summed E-state index contributed by atoms with van der Waals surface area (Å²) in [7, 11) is 0. The molecule has 1 fully saturated rings. The minimum Gasteiger partial charge on any atom is -0.352 e. The van der Waals surface area contributed by atoms with E-state index in [2.05, 4.69) is 11.9 Å². The highest BCUT2D eigenvalue weighted by Crippen LogP contribution is 2.18. The third-order valence-electron chi connectivity index (χ3n) is 3.50. The quantitative estimate of drug-likeness (QED) is 0.727. The maximum Gasteiger partial charge on any atom is 0.246 e. The van der Waals surface area contributed by atoms with Crippen molar-refractivity contribution in [3.05, 3.63) is 12.7 Å². The number of likely N-dealkylation sites (N-methyl/N-ethyl adjacent to an activating group) is 1. The van der Waals surface area contributed by atoms with E-state index in [1.54, 1.807) is 4.90 Å². The molecule has 1 atom stereocenters. The zero-order valence-corrected chi connectivity index (χ0v) is 13.1. The molecule has 1 heterocycles. The Morgan fingerprint density at radius 2 is 2.10 bits per heavy atom. The summed E-state index contributed by atoms with van der Waals surface area (Å²) in [4.78, 5) is 39.1. The number of nitrogens with zero attached hydrogens (tertiary/aromatic N) is 2. The van der Waals surface area contributed by atoms with Crippen LogP contribution < -0.4 is 5.32 Å². The van der Waals surface area contributed by atoms with Gasteiger partial charge in [0.1, 0.15) is 12.6 Å². The summed E-state index contributed by atoms with van der Waals surface area (Å²) in [5, 5.41) is 2.84. The Labute approximate surface area is 126 Å². The van der Waals surface area contributed by atoms with Gasteiger partial charge in [-0.15, -0.1) is 0 Å². The van der Waals surface area contributed by atoms with Crippen molar-refractivity contribution in [3.8, 4) is 0 Å². The lowest BCUT2D eigenvalue weighted by atomic mass is 10.2. The van der Waals surface area contributed by atoms with Crippen LogP contribution in [0.5, 0.6) is 0 Å². The Morgan fingerprint density at radius 1 is 1.43 bits per heavy atom. The van der Waals surface area contributed by atoms with Crippen molar-refractivity contribution in [1.82, 2.24) is 15.1 Å². The lowest BCUT2D eigenvalue weighted by Gasteiger charge is -2.27. The highest BCUT2D eigenvalue weighted by atomic mass is 16.2. The van der Waals surface area contributed by atoms with Gasteiger partial charge in [-0.05, 0) is 39.7 Å². The average molecular weight is 295 g/mol. The summed E-state index contributed by atoms with van der Waals surface area (Å²) >= 11 is 0. The Balaban J connectivity index is 2.69. The normalized spacial score (nSPS) is 17.7. The van der Waals surface area contributed by atoms with Crippen LogP contribution in [-0.2, 0) is 14.4 Å². The van der Waals surface area contributed by atoms with E-state index in [-0.39, 0.29) is 30.3 Å². The molecule has 6 nitrogen and oxygen atoms in total. The number of rotatable bonds is 6. The van der Waals surface area contributed by atoms with E-state index in [4.69, 9.17) is 0 Å². The summed E-state index contributed by atoms with van der Waals surface area (Å²) in [5.41, 5.74) is 0. The molecule has 1 aliphatic rings. The summed E-state index contributed by atoms with van der Waals surface area (Å²) in [5.74, 6) is -0.573. The molecule has 0 bridgehead atoms. The smallest absolute Gasteiger partial charge is 0.246 e. The monoisotopic (exact) mass is 295 g/mol. The van der Waals surface area contributed by atoms with Crippen molar-refractivity contribution >= 4 is 17.7 Å². The number of amides is 3. The average Bonchev–Trinajstić information content (AvgIpc) is 2.92. The second-order valence-electron chi connectivity index (χ2n) is 5.46. The van der Waals surface area contributed by atoms with E-state index in [1.165, 1.54) is 11.0 Å². The molecule has 0 saturated carbocycles. The van der Waals surface area contributed by atoms with Gasteiger partial charge in [0, 0.05) is 19.1 Å². The fourth-order valence-electron chi connectivity index (χ4n) is 2.45. The summed E-state index contributed by atoms with van der Waals surface area (Å²) in [6, 6.07) is -0.373. The van der Waals surface area contributed by atoms with Crippen molar-refractivity contribution in [1.29, 1.82) is 0 Å². The number of nitrogens with one attached hydrogen (secondary N) is 1. The van der Waals surface area contributed by atoms with E-state index in [0.29, 0.717) is 19.5 Å². The van der Waals surface area contributed by atoms with Gasteiger partial charge in [-0.2, -0.15) is 0 Å². The van der Waals surface area contributed by atoms with Gasteiger partial charge in [0.2, 0.25) is 17.7 Å². The molecule has 0 aromatic heterocycles. The second kappa shape index (κ2) is 7.81. The van der Waals surface area contributed by atoms with Gasteiger partial charge in [0.05, 0.1) is 0 Å². The lowest BCUT2D eigenvalue weighted by molar-refractivity contribution is -0.142. The largest absolute Gasteiger partial charge is 0.352 e. The molecule has 0 aromatic rings. The number of carbonyl (C=O) groups is 3. The molecule has 3 amide bonds. The van der Waals surface area contributed by atoms with Crippen LogP contribution in [0.25, 0.3) is 0 Å². The standard InChI is InChI=1S/C15H25N3O3/c1-5-13(19)17(6-2)10-14(20)18-9-7-8-12(18)15(21)16-11(3)4/h5,11-12H,1,6-10H2,2-4H3,(H,16,21)/t12-/m1/s1. The molecule has 21 heavy (non-hydrogen) atoms. The van der Waals surface area contributed by atoms with Crippen LogP contribution in [0.1, 0.15) is 33.6 Å². The van der Waals surface area contributed by atoms with Crippen molar-refractivity contribution < 1.29 is 14.4 Å². The molecular weight excluding hydrogens is 270 g/mol. The first-order chi connectivity index (χ1) is 9.90. The van der Waals surface area contributed by atoms with Crippen molar-refractivity contribution in [2.24, 2.45) is 0 Å². The Morgan fingerprint density at radius 3 is 2.62 bits per heavy atom. The number of hydrogen-bond acceptors (Lipinski definition) is 3. The van der Waals surface area contributed by atoms with Crippen molar-refractivity contribution in [2.75, 3.05) is 19.6 Å². The Bertz CT molecular complexity index is 420. The maximum absolute atomic E-state index is 12.4. The minimum atomic E-state index is -0.419. The number of likely N-dealkylation sites (tertiary alicyclic amines) is 1. The molecular formula is C15H25N3O3. The zero-order valence-electron chi connectivity index (χ0n) is 13.1. The molecule has 0 unspecified atom stereocenters. The van der Waals surface area contributed by atoms with Crippen LogP contribution in [0, 0.1) is 0 Å². The molecule has 0 spiro atoms. The topological polar surface area (TPSA) is 69.7 Å². The van der Waals surface area contributed by atoms with Crippen LogP contribution in [0.2, 0.25) is 0 Å². The molecule has 1 aliphatic heterocycles. The number of carbonyl (C=O) groups excluding carboxylic acids is 3. The molecule has 1 N–H and O–H groups in total. The first-order valence-electron chi connectivity index (χ1n) is 7.41. The molecule has 0 radical (unpaired) electrons. The van der Waals surface area contributed by atoms with Gasteiger partial charge >= 0.3 is 0 Å². The first kappa shape index (κ1) is 17.2. The van der Waals surface area contributed by atoms with Crippen molar-refractivity contribution in [3.63, 3.8) is 0 Å². The van der Waals surface area contributed by atoms with Gasteiger partial charge in [-0.1, -0.05) is 6.58 Å². The van der Waals surface area contributed by atoms with Gasteiger partial charge in [-0.3, -0.25) is 14.4 Å². The van der Waals surface area contributed by atoms with Gasteiger partial charge in [-0.25, -0.2) is 0 Å². The first-order valence-corrected chi connectivity index (χ1v) is 7.41.